The number of ether oxygens (including phenoxy) is 2. The summed E-state index contributed by atoms with van der Waals surface area (Å²) in [5, 5.41) is 0. The molecule has 1 fully saturated rings. The number of allylic oxidation sites excluding steroid dienone is 1. The molecular weight excluding hydrogens is 176 g/mol. The second kappa shape index (κ2) is 4.94. The first-order valence-corrected chi connectivity index (χ1v) is 5.81. The summed E-state index contributed by atoms with van der Waals surface area (Å²) < 4.78 is 11.0. The van der Waals surface area contributed by atoms with E-state index in [1.807, 2.05) is 6.92 Å². The van der Waals surface area contributed by atoms with Crippen LogP contribution in [0.2, 0.25) is 0 Å². The van der Waals surface area contributed by atoms with Crippen LogP contribution in [0.3, 0.4) is 0 Å². The third kappa shape index (κ3) is 2.18. The summed E-state index contributed by atoms with van der Waals surface area (Å²) in [7, 11) is 0. The Hall–Kier alpha value is -0.340. The Labute approximate surface area is 86.3 Å². The van der Waals surface area contributed by atoms with Gasteiger partial charge < -0.3 is 9.47 Å². The molecule has 0 aromatic heterocycles. The highest BCUT2D eigenvalue weighted by molar-refractivity contribution is 5.19. The van der Waals surface area contributed by atoms with Crippen molar-refractivity contribution in [1.29, 1.82) is 0 Å². The molecule has 0 unspecified atom stereocenters. The summed E-state index contributed by atoms with van der Waals surface area (Å²) >= 11 is 0. The van der Waals surface area contributed by atoms with Crippen molar-refractivity contribution < 1.29 is 9.47 Å². The summed E-state index contributed by atoms with van der Waals surface area (Å²) in [6, 6.07) is 0. The Bertz CT molecular complexity index is 210. The first-order chi connectivity index (χ1) is 6.92. The normalized spacial score (nSPS) is 31.4. The minimum absolute atomic E-state index is 0.364. The van der Waals surface area contributed by atoms with Gasteiger partial charge in [-0.1, -0.05) is 6.08 Å². The van der Waals surface area contributed by atoms with Crippen molar-refractivity contribution in [2.24, 2.45) is 5.92 Å². The third-order valence-corrected chi connectivity index (χ3v) is 3.31. The number of rotatable bonds is 4. The molecule has 2 aliphatic rings. The zero-order valence-electron chi connectivity index (χ0n) is 9.00. The second-order valence-corrected chi connectivity index (χ2v) is 4.18. The predicted molar refractivity (Wildman–Crippen MR) is 56.0 cm³/mol. The molecule has 0 aliphatic heterocycles. The summed E-state index contributed by atoms with van der Waals surface area (Å²) in [6.45, 7) is 3.21. The minimum Gasteiger partial charge on any atom is -0.356 e. The van der Waals surface area contributed by atoms with Crippen LogP contribution < -0.4 is 0 Å². The lowest BCUT2D eigenvalue weighted by molar-refractivity contribution is -0.0827. The van der Waals surface area contributed by atoms with Crippen LogP contribution in [0.5, 0.6) is 0 Å². The average molecular weight is 196 g/mol. The molecule has 2 rings (SSSR count). The van der Waals surface area contributed by atoms with Crippen LogP contribution in [0.15, 0.2) is 11.6 Å². The van der Waals surface area contributed by atoms with E-state index in [1.165, 1.54) is 32.1 Å². The van der Waals surface area contributed by atoms with E-state index in [2.05, 4.69) is 6.08 Å². The molecule has 2 heteroatoms. The molecule has 0 saturated heterocycles. The zero-order valence-corrected chi connectivity index (χ0v) is 9.00. The summed E-state index contributed by atoms with van der Waals surface area (Å²) in [5.74, 6) is 0.829. The molecule has 0 bridgehead atoms. The average Bonchev–Trinajstić information content (AvgIpc) is 2.67. The van der Waals surface area contributed by atoms with Crippen LogP contribution >= 0.6 is 0 Å². The zero-order chi connectivity index (χ0) is 9.80. The van der Waals surface area contributed by atoms with E-state index in [0.717, 1.165) is 12.5 Å². The van der Waals surface area contributed by atoms with Crippen LogP contribution in [-0.4, -0.2) is 19.5 Å². The quantitative estimate of drug-likeness (QED) is 0.391. The molecule has 0 heterocycles. The topological polar surface area (TPSA) is 18.5 Å². The predicted octanol–water partition coefficient (Wildman–Crippen LogP) is 2.89. The molecule has 2 nitrogen and oxygen atoms in total. The van der Waals surface area contributed by atoms with Crippen molar-refractivity contribution >= 4 is 0 Å². The Morgan fingerprint density at radius 2 is 2.29 bits per heavy atom. The molecule has 0 spiro atoms. The van der Waals surface area contributed by atoms with E-state index in [0.29, 0.717) is 12.9 Å². The molecule has 1 saturated carbocycles. The number of hydrogen-bond donors (Lipinski definition) is 0. The van der Waals surface area contributed by atoms with Gasteiger partial charge in [0.25, 0.3) is 0 Å². The van der Waals surface area contributed by atoms with Crippen molar-refractivity contribution in [3.63, 3.8) is 0 Å². The summed E-state index contributed by atoms with van der Waals surface area (Å²) in [4.78, 5) is 0. The van der Waals surface area contributed by atoms with Crippen molar-refractivity contribution in [1.82, 2.24) is 0 Å². The summed E-state index contributed by atoms with van der Waals surface area (Å²) in [5.41, 5.74) is 1.57. The maximum atomic E-state index is 5.75. The Morgan fingerprint density at radius 3 is 3.14 bits per heavy atom. The second-order valence-electron chi connectivity index (χ2n) is 4.18. The molecule has 80 valence electrons. The molecule has 2 aliphatic carbocycles. The van der Waals surface area contributed by atoms with Gasteiger partial charge in [-0.05, 0) is 50.5 Å². The van der Waals surface area contributed by atoms with Gasteiger partial charge in [0.1, 0.15) is 6.79 Å². The Balaban J connectivity index is 1.84. The van der Waals surface area contributed by atoms with E-state index in [1.54, 1.807) is 5.57 Å². The maximum absolute atomic E-state index is 5.75. The van der Waals surface area contributed by atoms with Gasteiger partial charge in [0, 0.05) is 6.61 Å². The Morgan fingerprint density at radius 1 is 1.36 bits per heavy atom. The van der Waals surface area contributed by atoms with Gasteiger partial charge in [-0.25, -0.2) is 0 Å². The van der Waals surface area contributed by atoms with Gasteiger partial charge in [-0.3, -0.25) is 0 Å². The van der Waals surface area contributed by atoms with Gasteiger partial charge in [-0.15, -0.1) is 0 Å². The van der Waals surface area contributed by atoms with Crippen molar-refractivity contribution in [3.05, 3.63) is 11.6 Å². The lowest BCUT2D eigenvalue weighted by Crippen LogP contribution is -2.25. The fraction of sp³-hybridized carbons (Fsp3) is 0.833. The van der Waals surface area contributed by atoms with Crippen LogP contribution in [-0.2, 0) is 9.47 Å². The molecule has 0 amide bonds. The highest BCUT2D eigenvalue weighted by Crippen LogP contribution is 2.39. The van der Waals surface area contributed by atoms with Crippen LogP contribution in [0, 0.1) is 5.92 Å². The fourth-order valence-corrected chi connectivity index (χ4v) is 2.60. The first kappa shape index (κ1) is 10.2. The van der Waals surface area contributed by atoms with Gasteiger partial charge in [0.2, 0.25) is 0 Å². The van der Waals surface area contributed by atoms with E-state index in [-0.39, 0.29) is 0 Å². The largest absolute Gasteiger partial charge is 0.356 e. The number of hydrogen-bond acceptors (Lipinski definition) is 2. The molecular formula is C12H20O2. The molecule has 0 aromatic carbocycles. The van der Waals surface area contributed by atoms with Crippen LogP contribution in [0.4, 0.5) is 0 Å². The van der Waals surface area contributed by atoms with Gasteiger partial charge in [-0.2, -0.15) is 0 Å². The lowest BCUT2D eigenvalue weighted by Gasteiger charge is -2.29. The lowest BCUT2D eigenvalue weighted by atomic mass is 9.84. The first-order valence-electron chi connectivity index (χ1n) is 5.81. The van der Waals surface area contributed by atoms with E-state index < -0.39 is 0 Å². The molecule has 2 atom stereocenters. The van der Waals surface area contributed by atoms with E-state index >= 15 is 0 Å². The molecule has 0 aromatic rings. The van der Waals surface area contributed by atoms with Crippen LogP contribution in [0.25, 0.3) is 0 Å². The third-order valence-electron chi connectivity index (χ3n) is 3.31. The number of fused-ring (bicyclic) bond motifs is 1. The van der Waals surface area contributed by atoms with Crippen molar-refractivity contribution in [2.45, 2.75) is 45.1 Å². The molecule has 14 heavy (non-hydrogen) atoms. The van der Waals surface area contributed by atoms with Gasteiger partial charge in [0.15, 0.2) is 0 Å². The van der Waals surface area contributed by atoms with E-state index in [4.69, 9.17) is 9.47 Å². The maximum Gasteiger partial charge on any atom is 0.147 e. The van der Waals surface area contributed by atoms with Crippen LogP contribution in [0.1, 0.15) is 39.0 Å². The molecule has 0 N–H and O–H groups in total. The van der Waals surface area contributed by atoms with Crippen molar-refractivity contribution in [3.8, 4) is 0 Å². The minimum atomic E-state index is 0.364. The van der Waals surface area contributed by atoms with Gasteiger partial charge in [0.05, 0.1) is 6.10 Å². The smallest absolute Gasteiger partial charge is 0.147 e. The SMILES string of the molecule is CCOCO[C@@H]1CCC[C@@H]2CCC=C21. The highest BCUT2D eigenvalue weighted by Gasteiger charge is 2.30. The molecule has 0 radical (unpaired) electrons. The van der Waals surface area contributed by atoms with E-state index in [9.17, 15) is 0 Å². The fourth-order valence-electron chi connectivity index (χ4n) is 2.60. The summed E-state index contributed by atoms with van der Waals surface area (Å²) in [6.07, 6.45) is 9.25. The highest BCUT2D eigenvalue weighted by atomic mass is 16.7. The standard InChI is InChI=1S/C12H20O2/c1-2-13-9-14-12-8-4-6-10-5-3-7-11(10)12/h7,10,12H,2-6,8-9H2,1H3/t10-,12+/m0/s1. The Kier molecular flexibility index (Phi) is 3.60. The monoisotopic (exact) mass is 196 g/mol. The van der Waals surface area contributed by atoms with Crippen molar-refractivity contribution in [2.75, 3.05) is 13.4 Å². The van der Waals surface area contributed by atoms with Gasteiger partial charge >= 0.3 is 0 Å².